The molecular formula is C35H37N3O6. The van der Waals surface area contributed by atoms with Crippen LogP contribution < -0.4 is 4.90 Å². The molecule has 0 radical (unpaired) electrons. The first-order valence-electron chi connectivity index (χ1n) is 15.1. The van der Waals surface area contributed by atoms with Gasteiger partial charge in [-0.3, -0.25) is 14.5 Å². The molecule has 3 aliphatic heterocycles. The Hall–Kier alpha value is -4.66. The van der Waals surface area contributed by atoms with Crippen LogP contribution in [0, 0.1) is 0 Å². The van der Waals surface area contributed by atoms with Gasteiger partial charge in [-0.15, -0.1) is 0 Å². The standard InChI is InChI=1S/C35H37N3O6/c1-35(2,3)44-34(43)38-26-16-10-9-14-24(26)20-29(38)32(40)37-27(22-11-5-4-6-12-22)17-18-28(37)31(39)36-21-25-15-8-7-13-23(25)19-30(36)33(41)42/h4-16,27-30H,17-21H2,1-3H3,(H,41,42)/t27-,28+,29-,30-/m1/s1. The maximum absolute atomic E-state index is 14.8. The summed E-state index contributed by atoms with van der Waals surface area (Å²) in [5.41, 5.74) is 3.36. The highest BCUT2D eigenvalue weighted by Gasteiger charge is 2.50. The van der Waals surface area contributed by atoms with E-state index in [1.807, 2.05) is 72.8 Å². The third-order valence-corrected chi connectivity index (χ3v) is 8.78. The number of anilines is 1. The van der Waals surface area contributed by atoms with Gasteiger partial charge in [-0.1, -0.05) is 72.8 Å². The molecule has 0 spiro atoms. The molecule has 3 aromatic rings. The van der Waals surface area contributed by atoms with E-state index in [1.165, 1.54) is 9.80 Å². The lowest BCUT2D eigenvalue weighted by Gasteiger charge is -2.40. The van der Waals surface area contributed by atoms with Crippen LogP contribution in [-0.2, 0) is 38.5 Å². The number of likely N-dealkylation sites (tertiary alicyclic amines) is 1. The minimum Gasteiger partial charge on any atom is -0.480 e. The molecule has 4 atom stereocenters. The van der Waals surface area contributed by atoms with Gasteiger partial charge in [0.2, 0.25) is 11.8 Å². The zero-order valence-electron chi connectivity index (χ0n) is 25.2. The van der Waals surface area contributed by atoms with Crippen molar-refractivity contribution in [3.63, 3.8) is 0 Å². The molecule has 3 amide bonds. The van der Waals surface area contributed by atoms with E-state index in [2.05, 4.69) is 0 Å². The van der Waals surface area contributed by atoms with Gasteiger partial charge in [0.25, 0.3) is 0 Å². The van der Waals surface area contributed by atoms with Gasteiger partial charge in [0.1, 0.15) is 23.7 Å². The van der Waals surface area contributed by atoms with Gasteiger partial charge in [-0.25, -0.2) is 9.59 Å². The molecule has 0 aliphatic carbocycles. The van der Waals surface area contributed by atoms with Crippen molar-refractivity contribution < 1.29 is 29.0 Å². The van der Waals surface area contributed by atoms with E-state index in [4.69, 9.17) is 4.74 Å². The summed E-state index contributed by atoms with van der Waals surface area (Å²) in [5.74, 6) is -1.83. The molecule has 1 saturated heterocycles. The molecule has 3 heterocycles. The quantitative estimate of drug-likeness (QED) is 0.449. The number of nitrogens with zero attached hydrogens (tertiary/aromatic N) is 3. The molecule has 0 bridgehead atoms. The van der Waals surface area contributed by atoms with E-state index >= 15 is 0 Å². The van der Waals surface area contributed by atoms with Crippen molar-refractivity contribution in [1.82, 2.24) is 9.80 Å². The number of carboxylic acids is 1. The summed E-state index contributed by atoms with van der Waals surface area (Å²) in [6.07, 6.45) is 0.755. The predicted octanol–water partition coefficient (Wildman–Crippen LogP) is 5.12. The molecule has 44 heavy (non-hydrogen) atoms. The molecule has 1 fully saturated rings. The first kappa shape index (κ1) is 29.4. The number of para-hydroxylation sites is 1. The fourth-order valence-corrected chi connectivity index (χ4v) is 6.82. The molecule has 6 rings (SSSR count). The van der Waals surface area contributed by atoms with Crippen molar-refractivity contribution in [1.29, 1.82) is 0 Å². The van der Waals surface area contributed by atoms with Gasteiger partial charge in [0.15, 0.2) is 0 Å². The van der Waals surface area contributed by atoms with E-state index in [1.54, 1.807) is 31.7 Å². The van der Waals surface area contributed by atoms with Crippen LogP contribution in [-0.4, -0.2) is 62.5 Å². The van der Waals surface area contributed by atoms with E-state index in [0.717, 1.165) is 22.3 Å². The van der Waals surface area contributed by atoms with Crippen molar-refractivity contribution in [3.05, 3.63) is 101 Å². The Morgan fingerprint density at radius 3 is 2.02 bits per heavy atom. The largest absolute Gasteiger partial charge is 0.480 e. The Morgan fingerprint density at radius 2 is 1.34 bits per heavy atom. The highest BCUT2D eigenvalue weighted by molar-refractivity contribution is 6.02. The fourth-order valence-electron chi connectivity index (χ4n) is 6.82. The van der Waals surface area contributed by atoms with Gasteiger partial charge >= 0.3 is 12.1 Å². The lowest BCUT2D eigenvalue weighted by atomic mass is 9.93. The highest BCUT2D eigenvalue weighted by atomic mass is 16.6. The average molecular weight is 596 g/mol. The van der Waals surface area contributed by atoms with Gasteiger partial charge in [-0.2, -0.15) is 0 Å². The van der Waals surface area contributed by atoms with Crippen molar-refractivity contribution >= 4 is 29.6 Å². The number of fused-ring (bicyclic) bond motifs is 2. The Morgan fingerprint density at radius 1 is 0.727 bits per heavy atom. The number of rotatable bonds is 4. The maximum Gasteiger partial charge on any atom is 0.415 e. The molecule has 3 aromatic carbocycles. The normalized spacial score (nSPS) is 22.8. The van der Waals surface area contributed by atoms with Crippen LogP contribution in [0.15, 0.2) is 78.9 Å². The van der Waals surface area contributed by atoms with Crippen LogP contribution in [0.4, 0.5) is 10.5 Å². The number of carbonyl (C=O) groups is 4. The predicted molar refractivity (Wildman–Crippen MR) is 164 cm³/mol. The topological polar surface area (TPSA) is 107 Å². The van der Waals surface area contributed by atoms with E-state index < -0.39 is 47.7 Å². The summed E-state index contributed by atoms with van der Waals surface area (Å²) >= 11 is 0. The van der Waals surface area contributed by atoms with Gasteiger partial charge in [0.05, 0.1) is 11.7 Å². The second-order valence-corrected chi connectivity index (χ2v) is 12.8. The van der Waals surface area contributed by atoms with Crippen molar-refractivity contribution in [3.8, 4) is 0 Å². The number of carbonyl (C=O) groups excluding carboxylic acids is 3. The number of amides is 3. The van der Waals surface area contributed by atoms with E-state index in [0.29, 0.717) is 18.5 Å². The summed E-state index contributed by atoms with van der Waals surface area (Å²) in [6.45, 7) is 5.49. The first-order chi connectivity index (χ1) is 21.0. The third-order valence-electron chi connectivity index (χ3n) is 8.78. The van der Waals surface area contributed by atoms with Gasteiger partial charge in [0, 0.05) is 19.4 Å². The molecule has 9 heteroatoms. The van der Waals surface area contributed by atoms with Crippen LogP contribution in [0.2, 0.25) is 0 Å². The minimum atomic E-state index is -1.08. The Labute approximate surface area is 257 Å². The van der Waals surface area contributed by atoms with Crippen molar-refractivity contribution in [2.45, 2.75) is 82.8 Å². The number of aliphatic carboxylic acids is 1. The maximum atomic E-state index is 14.8. The minimum absolute atomic E-state index is 0.152. The Balaban J connectivity index is 1.38. The SMILES string of the molecule is CC(C)(C)OC(=O)N1c2ccccc2C[C@@H]1C(=O)N1[C@@H](c2ccccc2)CC[C@H]1C(=O)N1Cc2ccccc2C[C@@H]1C(=O)O. The number of hydrogen-bond acceptors (Lipinski definition) is 5. The number of ether oxygens (including phenoxy) is 1. The third kappa shape index (κ3) is 5.42. The molecular weight excluding hydrogens is 558 g/mol. The van der Waals surface area contributed by atoms with Crippen LogP contribution in [0.1, 0.15) is 61.9 Å². The molecule has 0 saturated carbocycles. The average Bonchev–Trinajstić information content (AvgIpc) is 3.62. The van der Waals surface area contributed by atoms with Crippen molar-refractivity contribution in [2.75, 3.05) is 4.90 Å². The lowest BCUT2D eigenvalue weighted by Crippen LogP contribution is -2.58. The summed E-state index contributed by atoms with van der Waals surface area (Å²) < 4.78 is 5.75. The zero-order valence-corrected chi connectivity index (χ0v) is 25.2. The molecule has 3 aliphatic rings. The summed E-state index contributed by atoms with van der Waals surface area (Å²) in [4.78, 5) is 59.7. The number of benzene rings is 3. The monoisotopic (exact) mass is 595 g/mol. The number of carboxylic acid groups (broad SMARTS) is 1. The second-order valence-electron chi connectivity index (χ2n) is 12.8. The van der Waals surface area contributed by atoms with Crippen molar-refractivity contribution in [2.24, 2.45) is 0 Å². The lowest BCUT2D eigenvalue weighted by molar-refractivity contribution is -0.155. The smallest absolute Gasteiger partial charge is 0.415 e. The highest BCUT2D eigenvalue weighted by Crippen LogP contribution is 2.42. The van der Waals surface area contributed by atoms with E-state index in [-0.39, 0.29) is 25.3 Å². The molecule has 0 unspecified atom stereocenters. The van der Waals surface area contributed by atoms with Gasteiger partial charge in [-0.05, 0) is 61.9 Å². The molecule has 1 N–H and O–H groups in total. The summed E-state index contributed by atoms with van der Waals surface area (Å²) in [6, 6.07) is 21.2. The Kier molecular flexibility index (Phi) is 7.65. The Bertz CT molecular complexity index is 1600. The van der Waals surface area contributed by atoms with Crippen LogP contribution in [0.5, 0.6) is 0 Å². The summed E-state index contributed by atoms with van der Waals surface area (Å²) in [5, 5.41) is 10.2. The van der Waals surface area contributed by atoms with E-state index in [9.17, 15) is 24.3 Å². The van der Waals surface area contributed by atoms with Crippen LogP contribution in [0.3, 0.4) is 0 Å². The fraction of sp³-hybridized carbons (Fsp3) is 0.371. The molecule has 9 nitrogen and oxygen atoms in total. The number of hydrogen-bond donors (Lipinski definition) is 1. The molecule has 228 valence electrons. The summed E-state index contributed by atoms with van der Waals surface area (Å²) in [7, 11) is 0. The molecule has 0 aromatic heterocycles. The first-order valence-corrected chi connectivity index (χ1v) is 15.1. The van der Waals surface area contributed by atoms with Crippen LogP contribution >= 0.6 is 0 Å². The van der Waals surface area contributed by atoms with Crippen LogP contribution in [0.25, 0.3) is 0 Å². The second kappa shape index (κ2) is 11.4. The zero-order chi connectivity index (χ0) is 31.2. The van der Waals surface area contributed by atoms with Gasteiger partial charge < -0.3 is 19.6 Å².